The zero-order valence-corrected chi connectivity index (χ0v) is 47.9. The lowest BCUT2D eigenvalue weighted by atomic mass is 9.98. The zero-order valence-electron chi connectivity index (χ0n) is 47.9. The third kappa shape index (κ3) is 42.1. The summed E-state index contributed by atoms with van der Waals surface area (Å²) in [6.45, 7) is 5.70. The molecule has 3 N–H and O–H groups in total. The lowest BCUT2D eigenvalue weighted by Crippen LogP contribution is -2.61. The fraction of sp³-hybridized carbons (Fsp3) is 0.662. The van der Waals surface area contributed by atoms with Crippen LogP contribution in [0.1, 0.15) is 226 Å². The molecule has 0 aromatic heterocycles. The van der Waals surface area contributed by atoms with Gasteiger partial charge >= 0.3 is 23.9 Å². The van der Waals surface area contributed by atoms with Crippen molar-refractivity contribution in [2.24, 2.45) is 0 Å². The molecule has 0 bridgehead atoms. The summed E-state index contributed by atoms with van der Waals surface area (Å²) in [5.41, 5.74) is 0. The number of carbonyl (C=O) groups excluding carboxylic acids is 3. The fourth-order valence-electron chi connectivity index (χ4n) is 8.34. The van der Waals surface area contributed by atoms with E-state index >= 15 is 0 Å². The molecule has 12 nitrogen and oxygen atoms in total. The molecule has 0 amide bonds. The van der Waals surface area contributed by atoms with E-state index in [2.05, 4.69) is 124 Å². The highest BCUT2D eigenvalue weighted by Crippen LogP contribution is 2.26. The van der Waals surface area contributed by atoms with E-state index in [1.807, 2.05) is 6.08 Å². The van der Waals surface area contributed by atoms with Crippen molar-refractivity contribution in [2.45, 2.75) is 263 Å². The smallest absolute Gasteiger partial charge is 0.335 e. The molecule has 0 aromatic carbocycles. The van der Waals surface area contributed by atoms with E-state index in [1.165, 1.54) is 57.8 Å². The van der Waals surface area contributed by atoms with E-state index in [1.54, 1.807) is 0 Å². The number of aliphatic carboxylic acids is 1. The van der Waals surface area contributed by atoms with E-state index in [0.29, 0.717) is 25.7 Å². The molecule has 6 unspecified atom stereocenters. The quantitative estimate of drug-likeness (QED) is 0.0228. The molecule has 1 aliphatic rings. The molecular formula is C65H104O12. The third-order valence-corrected chi connectivity index (χ3v) is 12.8. The van der Waals surface area contributed by atoms with Gasteiger partial charge in [0.2, 0.25) is 0 Å². The summed E-state index contributed by atoms with van der Waals surface area (Å²) in [6.07, 6.45) is 57.7. The number of carbonyl (C=O) groups is 4. The molecule has 77 heavy (non-hydrogen) atoms. The number of carboxylic acid groups (broad SMARTS) is 1. The summed E-state index contributed by atoms with van der Waals surface area (Å²) >= 11 is 0. The highest BCUT2D eigenvalue weighted by molar-refractivity contribution is 5.74. The van der Waals surface area contributed by atoms with Gasteiger partial charge in [-0.2, -0.15) is 0 Å². The van der Waals surface area contributed by atoms with E-state index < -0.39 is 67.3 Å². The minimum atomic E-state index is -1.92. The van der Waals surface area contributed by atoms with Gasteiger partial charge in [0, 0.05) is 19.3 Å². The number of aliphatic hydroxyl groups excluding tert-OH is 2. The maximum Gasteiger partial charge on any atom is 0.335 e. The maximum atomic E-state index is 13.1. The average Bonchev–Trinajstić information content (AvgIpc) is 3.42. The van der Waals surface area contributed by atoms with Crippen LogP contribution in [-0.4, -0.2) is 89.2 Å². The van der Waals surface area contributed by atoms with Crippen molar-refractivity contribution in [3.63, 3.8) is 0 Å². The van der Waals surface area contributed by atoms with Crippen LogP contribution in [0.2, 0.25) is 0 Å². The van der Waals surface area contributed by atoms with Crippen LogP contribution < -0.4 is 0 Å². The summed E-state index contributed by atoms with van der Waals surface area (Å²) in [5, 5.41) is 31.5. The molecular weight excluding hydrogens is 973 g/mol. The Balaban J connectivity index is 2.74. The van der Waals surface area contributed by atoms with Gasteiger partial charge in [-0.1, -0.05) is 220 Å². The summed E-state index contributed by atoms with van der Waals surface area (Å²) < 4.78 is 28.4. The standard InChI is InChI=1S/C65H104O12/c1-4-7-10-13-16-19-22-25-27-29-31-34-36-39-42-45-48-51-57(66)73-54-56(75-58(67)52-49-46-43-40-37-33-24-21-18-15-12-9-6-3)55-74-65-63(61(70)60(69)62(77-65)64(71)72)76-59(68)53-50-47-44-41-38-35-32-30-28-26-23-20-17-14-11-8-5-2/h7-8,10-11,16-17,19-20,25-28,31-32,34-35,39,42,56,60-63,65,69-70H,4-6,9,12-15,18,21-24,29-30,33,36-38,40-41,43-55H2,1-3H3,(H,71,72)/b10-7-,11-8-,19-16-,20-17-,27-25-,28-26-,34-31-,35-32-,42-39-. The number of esters is 3. The number of unbranched alkanes of at least 4 members (excludes halogenated alkanes) is 17. The summed E-state index contributed by atoms with van der Waals surface area (Å²) in [5.74, 6) is -3.24. The van der Waals surface area contributed by atoms with Gasteiger partial charge in [-0.15, -0.1) is 0 Å². The number of aliphatic hydroxyl groups is 2. The van der Waals surface area contributed by atoms with Crippen LogP contribution in [0.5, 0.6) is 0 Å². The van der Waals surface area contributed by atoms with Crippen LogP contribution in [0.15, 0.2) is 109 Å². The van der Waals surface area contributed by atoms with Crippen LogP contribution >= 0.6 is 0 Å². The Morgan fingerprint density at radius 3 is 1.29 bits per heavy atom. The Bertz CT molecular complexity index is 1750. The highest BCUT2D eigenvalue weighted by atomic mass is 16.7. The fourth-order valence-corrected chi connectivity index (χ4v) is 8.34. The SMILES string of the molecule is CC/C=C\C/C=C\C/C=C\C/C=C\C/C=C\CCCC(=O)OCC(COC1OC(C(=O)O)C(O)C(O)C1OC(=O)CCCCCC/C=C\C/C=C\C/C=C\C/C=C\CC)OC(=O)CCCCCCCCCCCCCCC. The minimum absolute atomic E-state index is 0.0226. The van der Waals surface area contributed by atoms with Gasteiger partial charge in [-0.25, -0.2) is 4.79 Å². The minimum Gasteiger partial charge on any atom is -0.479 e. The molecule has 0 aromatic rings. The molecule has 0 aliphatic carbocycles. The second kappa shape index (κ2) is 52.1. The van der Waals surface area contributed by atoms with Crippen molar-refractivity contribution in [2.75, 3.05) is 13.2 Å². The Morgan fingerprint density at radius 2 is 0.831 bits per heavy atom. The molecule has 6 atom stereocenters. The molecule has 436 valence electrons. The molecule has 1 aliphatic heterocycles. The van der Waals surface area contributed by atoms with Crippen molar-refractivity contribution in [3.8, 4) is 0 Å². The molecule has 1 fully saturated rings. The van der Waals surface area contributed by atoms with Gasteiger partial charge in [0.05, 0.1) is 6.61 Å². The number of hydrogen-bond donors (Lipinski definition) is 3. The van der Waals surface area contributed by atoms with Gasteiger partial charge in [0.1, 0.15) is 18.8 Å². The van der Waals surface area contributed by atoms with Crippen LogP contribution in [0.4, 0.5) is 0 Å². The molecule has 1 saturated heterocycles. The summed E-state index contributed by atoms with van der Waals surface area (Å²) in [4.78, 5) is 51.1. The number of allylic oxidation sites excluding steroid dienone is 18. The molecule has 1 rings (SSSR count). The number of hydrogen-bond acceptors (Lipinski definition) is 11. The van der Waals surface area contributed by atoms with Crippen LogP contribution in [0.3, 0.4) is 0 Å². The molecule has 1 heterocycles. The first-order valence-corrected chi connectivity index (χ1v) is 29.9. The van der Waals surface area contributed by atoms with E-state index in [-0.39, 0.29) is 25.9 Å². The van der Waals surface area contributed by atoms with Gasteiger partial charge in [-0.05, 0) is 96.3 Å². The number of carboxylic acids is 1. The van der Waals surface area contributed by atoms with Crippen LogP contribution in [0, 0.1) is 0 Å². The maximum absolute atomic E-state index is 13.1. The van der Waals surface area contributed by atoms with E-state index in [4.69, 9.17) is 23.7 Å². The number of rotatable bonds is 49. The normalized spacial score (nSPS) is 18.8. The van der Waals surface area contributed by atoms with Crippen LogP contribution in [0.25, 0.3) is 0 Å². The third-order valence-electron chi connectivity index (χ3n) is 12.8. The second-order valence-electron chi connectivity index (χ2n) is 19.9. The van der Waals surface area contributed by atoms with Gasteiger partial charge < -0.3 is 39.0 Å². The molecule has 0 saturated carbocycles. The van der Waals surface area contributed by atoms with Crippen molar-refractivity contribution < 1.29 is 58.2 Å². The Labute approximate surface area is 465 Å². The molecule has 0 radical (unpaired) electrons. The zero-order chi connectivity index (χ0) is 56.1. The van der Waals surface area contributed by atoms with Crippen molar-refractivity contribution in [1.82, 2.24) is 0 Å². The largest absolute Gasteiger partial charge is 0.479 e. The van der Waals surface area contributed by atoms with Gasteiger partial charge in [-0.3, -0.25) is 14.4 Å². The molecule has 0 spiro atoms. The lowest BCUT2D eigenvalue weighted by Gasteiger charge is -2.40. The summed E-state index contributed by atoms with van der Waals surface area (Å²) in [6, 6.07) is 0. The van der Waals surface area contributed by atoms with Gasteiger partial charge in [0.15, 0.2) is 24.6 Å². The lowest BCUT2D eigenvalue weighted by molar-refractivity contribution is -0.301. The average molecular weight is 1080 g/mol. The first-order valence-electron chi connectivity index (χ1n) is 29.9. The van der Waals surface area contributed by atoms with Gasteiger partial charge in [0.25, 0.3) is 0 Å². The topological polar surface area (TPSA) is 175 Å². The second-order valence-corrected chi connectivity index (χ2v) is 19.9. The van der Waals surface area contributed by atoms with Crippen molar-refractivity contribution in [3.05, 3.63) is 109 Å². The van der Waals surface area contributed by atoms with Crippen molar-refractivity contribution in [1.29, 1.82) is 0 Å². The predicted molar refractivity (Wildman–Crippen MR) is 312 cm³/mol. The number of ether oxygens (including phenoxy) is 5. The Morgan fingerprint density at radius 1 is 0.442 bits per heavy atom. The molecule has 12 heteroatoms. The summed E-state index contributed by atoms with van der Waals surface area (Å²) in [7, 11) is 0. The predicted octanol–water partition coefficient (Wildman–Crippen LogP) is 15.4. The van der Waals surface area contributed by atoms with Crippen LogP contribution in [-0.2, 0) is 42.9 Å². The highest BCUT2D eigenvalue weighted by Gasteiger charge is 2.50. The first-order chi connectivity index (χ1) is 37.6. The Kier molecular flexibility index (Phi) is 47.6. The Hall–Kier alpha value is -4.62. The van der Waals surface area contributed by atoms with E-state index in [0.717, 1.165) is 103 Å². The monoisotopic (exact) mass is 1080 g/mol. The van der Waals surface area contributed by atoms with Crippen molar-refractivity contribution >= 4 is 23.9 Å². The first kappa shape index (κ1) is 70.4. The van der Waals surface area contributed by atoms with E-state index in [9.17, 15) is 34.5 Å².